The van der Waals surface area contributed by atoms with Crippen LogP contribution >= 0.6 is 7.82 Å². The van der Waals surface area contributed by atoms with E-state index in [9.17, 15) is 0 Å². The average molecular weight is 365 g/mol. The number of hydrogen-bond acceptors (Lipinski definition) is 4. The molecular formula is HfO4PZr+5. The van der Waals surface area contributed by atoms with Crippen LogP contribution < -0.4 is 14.7 Å². The van der Waals surface area contributed by atoms with Crippen LogP contribution in [0.2, 0.25) is 0 Å². The molecule has 0 bridgehead atoms. The van der Waals surface area contributed by atoms with E-state index in [-0.39, 0.29) is 52.0 Å². The Morgan fingerprint density at radius 2 is 1.14 bits per heavy atom. The van der Waals surface area contributed by atoms with Gasteiger partial charge in [0.25, 0.3) is 0 Å². The first kappa shape index (κ1) is 15.9. The van der Waals surface area contributed by atoms with E-state index in [1.54, 1.807) is 0 Å². The maximum absolute atomic E-state index is 8.55. The molecule has 32 valence electrons. The third-order valence-electron chi connectivity index (χ3n) is 0. The van der Waals surface area contributed by atoms with Gasteiger partial charge in [0.05, 0.1) is 0 Å². The molecule has 0 atom stereocenters. The summed E-state index contributed by atoms with van der Waals surface area (Å²) in [5.74, 6) is 0. The van der Waals surface area contributed by atoms with Gasteiger partial charge in [-0.2, -0.15) is 7.82 Å². The Morgan fingerprint density at radius 3 is 1.14 bits per heavy atom. The molecule has 4 nitrogen and oxygen atoms in total. The van der Waals surface area contributed by atoms with Gasteiger partial charge in [0, 0.05) is 0 Å². The summed E-state index contributed by atoms with van der Waals surface area (Å²) in [6.45, 7) is 0. The zero-order valence-corrected chi connectivity index (χ0v) is 10.0. The standard InChI is InChI=1S/Hf.H3O4P.Zr/c;1-5(2,3)4;/h;(H3,1,2,3,4);/q+4;;+4/p-3. The zero-order valence-electron chi connectivity index (χ0n) is 3.08. The van der Waals surface area contributed by atoms with Crippen molar-refractivity contribution in [1.82, 2.24) is 0 Å². The molecule has 0 rings (SSSR count). The average Bonchev–Trinajstić information content (AvgIpc) is 0.722. The molecule has 0 radical (unpaired) electrons. The fraction of sp³-hybridized carbons (Fsp3) is 0. The third kappa shape index (κ3) is 77.9. The van der Waals surface area contributed by atoms with Gasteiger partial charge in [-0.15, -0.1) is 0 Å². The topological polar surface area (TPSA) is 86.2 Å². The van der Waals surface area contributed by atoms with Crippen LogP contribution in [0.25, 0.3) is 0 Å². The van der Waals surface area contributed by atoms with Crippen LogP contribution in [0, 0.1) is 0 Å². The van der Waals surface area contributed by atoms with Gasteiger partial charge >= 0.3 is 52.0 Å². The normalized spacial score (nSPS) is 8.43. The summed E-state index contributed by atoms with van der Waals surface area (Å²) in [6, 6.07) is 0. The number of phosphoric acid groups is 1. The van der Waals surface area contributed by atoms with Crippen LogP contribution in [-0.4, -0.2) is 0 Å². The third-order valence-corrected chi connectivity index (χ3v) is 0. The van der Waals surface area contributed by atoms with Crippen LogP contribution in [0.4, 0.5) is 0 Å². The second kappa shape index (κ2) is 5.99. The minimum Gasteiger partial charge on any atom is -0.822 e. The second-order valence-electron chi connectivity index (χ2n) is 0.447. The Labute approximate surface area is 78.5 Å². The summed E-state index contributed by atoms with van der Waals surface area (Å²) >= 11 is 0. The molecule has 0 heterocycles. The fourth-order valence-electron chi connectivity index (χ4n) is 0. The van der Waals surface area contributed by atoms with Gasteiger partial charge in [-0.25, -0.2) is 0 Å². The van der Waals surface area contributed by atoms with Crippen molar-refractivity contribution in [2.75, 3.05) is 0 Å². The summed E-state index contributed by atoms with van der Waals surface area (Å²) in [7, 11) is -5.39. The van der Waals surface area contributed by atoms with E-state index in [1.165, 1.54) is 0 Å². The maximum atomic E-state index is 8.55. The van der Waals surface area contributed by atoms with E-state index in [0.29, 0.717) is 0 Å². The van der Waals surface area contributed by atoms with Gasteiger partial charge in [0.2, 0.25) is 0 Å². The molecule has 0 saturated carbocycles. The summed E-state index contributed by atoms with van der Waals surface area (Å²) in [6.07, 6.45) is 0. The molecule has 0 aromatic heterocycles. The smallest absolute Gasteiger partial charge is 0.822 e. The van der Waals surface area contributed by atoms with Crippen LogP contribution in [0.3, 0.4) is 0 Å². The summed E-state index contributed by atoms with van der Waals surface area (Å²) in [4.78, 5) is 25.6. The van der Waals surface area contributed by atoms with Gasteiger partial charge in [0.15, 0.2) is 0 Å². The van der Waals surface area contributed by atoms with Crippen molar-refractivity contribution in [3.8, 4) is 0 Å². The molecule has 0 aromatic carbocycles. The van der Waals surface area contributed by atoms with Crippen molar-refractivity contribution in [3.05, 3.63) is 0 Å². The Hall–Kier alpha value is 1.86. The first-order valence-corrected chi connectivity index (χ1v) is 2.19. The second-order valence-corrected chi connectivity index (χ2v) is 1.34. The van der Waals surface area contributed by atoms with Gasteiger partial charge in [-0.05, 0) is 0 Å². The van der Waals surface area contributed by atoms with Crippen LogP contribution in [-0.2, 0) is 56.6 Å². The van der Waals surface area contributed by atoms with Crippen molar-refractivity contribution < 1.29 is 71.3 Å². The van der Waals surface area contributed by atoms with Crippen molar-refractivity contribution in [2.45, 2.75) is 0 Å². The molecule has 0 aromatic rings. The van der Waals surface area contributed by atoms with E-state index in [4.69, 9.17) is 19.2 Å². The van der Waals surface area contributed by atoms with E-state index in [2.05, 4.69) is 0 Å². The molecule has 0 saturated heterocycles. The monoisotopic (exact) mass is 365 g/mol. The van der Waals surface area contributed by atoms with E-state index in [0.717, 1.165) is 0 Å². The number of hydrogen-bond donors (Lipinski definition) is 0. The fourth-order valence-corrected chi connectivity index (χ4v) is 0. The van der Waals surface area contributed by atoms with E-state index >= 15 is 0 Å². The number of rotatable bonds is 0. The van der Waals surface area contributed by atoms with Crippen LogP contribution in [0.15, 0.2) is 0 Å². The molecule has 0 aliphatic heterocycles. The van der Waals surface area contributed by atoms with Crippen LogP contribution in [0.1, 0.15) is 0 Å². The minimum atomic E-state index is -5.39. The molecule has 7 heteroatoms. The van der Waals surface area contributed by atoms with Crippen molar-refractivity contribution in [1.29, 1.82) is 0 Å². The van der Waals surface area contributed by atoms with Crippen molar-refractivity contribution in [3.63, 3.8) is 0 Å². The SMILES string of the molecule is O=P([O-])([O-])[O-].[Hf+4].[Zr+4]. The predicted octanol–water partition coefficient (Wildman–Crippen LogP) is -2.83. The van der Waals surface area contributed by atoms with E-state index in [1.807, 2.05) is 0 Å². The molecule has 0 aliphatic rings. The summed E-state index contributed by atoms with van der Waals surface area (Å²) in [5, 5.41) is 0. The van der Waals surface area contributed by atoms with Gasteiger partial charge in [-0.1, -0.05) is 0 Å². The first-order valence-electron chi connectivity index (χ1n) is 0.730. The Bertz CT molecular complexity index is 57.8. The molecule has 0 unspecified atom stereocenters. The molecule has 7 heavy (non-hydrogen) atoms. The van der Waals surface area contributed by atoms with Gasteiger partial charge in [0.1, 0.15) is 0 Å². The van der Waals surface area contributed by atoms with Gasteiger partial charge < -0.3 is 19.2 Å². The minimum absolute atomic E-state index is 0. The van der Waals surface area contributed by atoms with E-state index < -0.39 is 7.82 Å². The molecule has 0 spiro atoms. The van der Waals surface area contributed by atoms with Crippen LogP contribution in [0.5, 0.6) is 0 Å². The predicted molar refractivity (Wildman–Crippen MR) is 7.61 cm³/mol. The Balaban J connectivity index is -0.0000000800. The largest absolute Gasteiger partial charge is 4.00 e. The molecule has 0 fully saturated rings. The van der Waals surface area contributed by atoms with Gasteiger partial charge in [-0.3, -0.25) is 0 Å². The molecule has 0 aliphatic carbocycles. The summed E-state index contributed by atoms with van der Waals surface area (Å²) < 4.78 is 8.55. The maximum Gasteiger partial charge on any atom is 4.00 e. The summed E-state index contributed by atoms with van der Waals surface area (Å²) in [5.41, 5.74) is 0. The zero-order chi connectivity index (χ0) is 4.50. The molecule has 0 amide bonds. The quantitative estimate of drug-likeness (QED) is 0.342. The van der Waals surface area contributed by atoms with Crippen molar-refractivity contribution >= 4 is 7.82 Å². The molecule has 0 N–H and O–H groups in total. The Kier molecular flexibility index (Phi) is 13.6. The van der Waals surface area contributed by atoms with Crippen molar-refractivity contribution in [2.24, 2.45) is 0 Å². The molecular weight excluding hydrogens is 365 g/mol. The first-order chi connectivity index (χ1) is 2.00. The Morgan fingerprint density at radius 1 is 1.14 bits per heavy atom.